The molecule has 1 amide bonds. The lowest BCUT2D eigenvalue weighted by Crippen LogP contribution is -2.40. The minimum atomic E-state index is -1.05. The zero-order chi connectivity index (χ0) is 16.0. The topological polar surface area (TPSA) is 57.6 Å². The molecule has 21 heavy (non-hydrogen) atoms. The highest BCUT2D eigenvalue weighted by molar-refractivity contribution is 6.37. The fourth-order valence-electron chi connectivity index (χ4n) is 1.74. The van der Waals surface area contributed by atoms with Gasteiger partial charge in [-0.1, -0.05) is 36.2 Å². The van der Waals surface area contributed by atoms with Gasteiger partial charge in [-0.25, -0.2) is 0 Å². The van der Waals surface area contributed by atoms with Crippen molar-refractivity contribution < 1.29 is 14.7 Å². The Morgan fingerprint density at radius 3 is 2.38 bits per heavy atom. The molecule has 0 aromatic heterocycles. The van der Waals surface area contributed by atoms with Crippen LogP contribution >= 0.6 is 23.2 Å². The normalized spacial score (nSPS) is 12.4. The van der Waals surface area contributed by atoms with Crippen molar-refractivity contribution in [2.75, 3.05) is 6.54 Å². The predicted molar refractivity (Wildman–Crippen MR) is 84.6 cm³/mol. The summed E-state index contributed by atoms with van der Waals surface area (Å²) in [4.78, 5) is 24.3. The molecule has 0 spiro atoms. The first-order chi connectivity index (χ1) is 9.86. The lowest BCUT2D eigenvalue weighted by Gasteiger charge is -2.25. The van der Waals surface area contributed by atoms with Crippen molar-refractivity contribution in [3.8, 4) is 0 Å². The number of carboxylic acids is 1. The molecule has 0 bridgehead atoms. The van der Waals surface area contributed by atoms with Gasteiger partial charge >= 0.3 is 5.97 Å². The summed E-state index contributed by atoms with van der Waals surface area (Å²) in [5, 5.41) is 9.75. The number of halogens is 2. The first-order valence-corrected chi connectivity index (χ1v) is 7.26. The molecular formula is C15H17Cl2NO3. The highest BCUT2D eigenvalue weighted by Gasteiger charge is 2.19. The van der Waals surface area contributed by atoms with Crippen LogP contribution in [-0.2, 0) is 9.59 Å². The van der Waals surface area contributed by atoms with Gasteiger partial charge in [0.25, 0.3) is 0 Å². The number of carbonyl (C=O) groups excluding carboxylic acids is 1. The molecule has 0 aliphatic rings. The van der Waals surface area contributed by atoms with Crippen LogP contribution in [0.1, 0.15) is 25.8 Å². The first kappa shape index (κ1) is 17.5. The molecule has 0 aliphatic heterocycles. The van der Waals surface area contributed by atoms with Crippen molar-refractivity contribution in [3.63, 3.8) is 0 Å². The van der Waals surface area contributed by atoms with Crippen LogP contribution in [0.25, 0.3) is 6.08 Å². The third kappa shape index (κ3) is 5.06. The molecule has 1 unspecified atom stereocenters. The summed E-state index contributed by atoms with van der Waals surface area (Å²) >= 11 is 12.0. The average Bonchev–Trinajstić information content (AvgIpc) is 2.43. The van der Waals surface area contributed by atoms with Crippen molar-refractivity contribution in [2.45, 2.75) is 26.3 Å². The molecule has 0 radical (unpaired) electrons. The van der Waals surface area contributed by atoms with Gasteiger partial charge < -0.3 is 10.0 Å². The molecule has 0 fully saturated rings. The summed E-state index contributed by atoms with van der Waals surface area (Å²) in [6.45, 7) is 3.35. The van der Waals surface area contributed by atoms with Crippen LogP contribution in [0, 0.1) is 0 Å². The Labute approximate surface area is 134 Å². The van der Waals surface area contributed by atoms with Crippen LogP contribution in [0.2, 0.25) is 10.0 Å². The van der Waals surface area contributed by atoms with Crippen molar-refractivity contribution in [1.82, 2.24) is 4.90 Å². The van der Waals surface area contributed by atoms with Crippen LogP contribution in [-0.4, -0.2) is 34.5 Å². The van der Waals surface area contributed by atoms with E-state index in [-0.39, 0.29) is 18.5 Å². The standard InChI is InChI=1S/C15H17Cl2NO3/c1-3-10(2)18(9-15(20)21)14(19)8-7-11-12(16)5-4-6-13(11)17/h4-8,10H,3,9H2,1-2H3,(H,20,21)/b8-7+. The summed E-state index contributed by atoms with van der Waals surface area (Å²) in [5.41, 5.74) is 0.536. The molecule has 0 saturated carbocycles. The minimum Gasteiger partial charge on any atom is -0.480 e. The Hall–Kier alpha value is -1.52. The number of amides is 1. The Morgan fingerprint density at radius 2 is 1.90 bits per heavy atom. The van der Waals surface area contributed by atoms with Gasteiger partial charge in [-0.3, -0.25) is 9.59 Å². The summed E-state index contributed by atoms with van der Waals surface area (Å²) in [7, 11) is 0. The summed E-state index contributed by atoms with van der Waals surface area (Å²) in [5.74, 6) is -1.43. The molecule has 1 aromatic rings. The fourth-order valence-corrected chi connectivity index (χ4v) is 2.26. The molecule has 114 valence electrons. The number of benzene rings is 1. The maximum Gasteiger partial charge on any atom is 0.323 e. The van der Waals surface area contributed by atoms with E-state index in [1.54, 1.807) is 25.1 Å². The van der Waals surface area contributed by atoms with Gasteiger partial charge in [-0.2, -0.15) is 0 Å². The maximum atomic E-state index is 12.2. The Bertz CT molecular complexity index is 538. The average molecular weight is 330 g/mol. The molecule has 6 heteroatoms. The number of rotatable bonds is 6. The van der Waals surface area contributed by atoms with E-state index < -0.39 is 5.97 Å². The van der Waals surface area contributed by atoms with Gasteiger partial charge in [0.2, 0.25) is 5.91 Å². The predicted octanol–water partition coefficient (Wildman–Crippen LogP) is 3.72. The lowest BCUT2D eigenvalue weighted by atomic mass is 10.2. The van der Waals surface area contributed by atoms with E-state index in [1.807, 2.05) is 6.92 Å². The number of hydrogen-bond acceptors (Lipinski definition) is 2. The number of hydrogen-bond donors (Lipinski definition) is 1. The number of nitrogens with zero attached hydrogens (tertiary/aromatic N) is 1. The van der Waals surface area contributed by atoms with Crippen LogP contribution in [0.5, 0.6) is 0 Å². The van der Waals surface area contributed by atoms with E-state index in [1.165, 1.54) is 17.1 Å². The molecule has 1 aromatic carbocycles. The van der Waals surface area contributed by atoms with Gasteiger partial charge in [0.05, 0.1) is 0 Å². The van der Waals surface area contributed by atoms with E-state index in [0.29, 0.717) is 22.0 Å². The van der Waals surface area contributed by atoms with Crippen LogP contribution in [0.3, 0.4) is 0 Å². The molecule has 0 heterocycles. The first-order valence-electron chi connectivity index (χ1n) is 6.51. The minimum absolute atomic E-state index is 0.167. The monoisotopic (exact) mass is 329 g/mol. The molecule has 1 N–H and O–H groups in total. The largest absolute Gasteiger partial charge is 0.480 e. The molecule has 1 rings (SSSR count). The summed E-state index contributed by atoms with van der Waals surface area (Å²) in [6, 6.07) is 4.88. The van der Waals surface area contributed by atoms with Crippen molar-refractivity contribution in [3.05, 3.63) is 39.9 Å². The Balaban J connectivity index is 2.95. The third-order valence-corrected chi connectivity index (χ3v) is 3.76. The maximum absolute atomic E-state index is 12.2. The van der Waals surface area contributed by atoms with Crippen LogP contribution < -0.4 is 0 Å². The lowest BCUT2D eigenvalue weighted by molar-refractivity contribution is -0.144. The van der Waals surface area contributed by atoms with Gasteiger partial charge in [0, 0.05) is 27.7 Å². The molecule has 0 saturated heterocycles. The Kier molecular flexibility index (Phi) is 6.72. The summed E-state index contributed by atoms with van der Waals surface area (Å²) < 4.78 is 0. The van der Waals surface area contributed by atoms with E-state index >= 15 is 0 Å². The van der Waals surface area contributed by atoms with Gasteiger partial charge in [-0.15, -0.1) is 0 Å². The smallest absolute Gasteiger partial charge is 0.323 e. The van der Waals surface area contributed by atoms with Crippen LogP contribution in [0.4, 0.5) is 0 Å². The highest BCUT2D eigenvalue weighted by Crippen LogP contribution is 2.25. The zero-order valence-electron chi connectivity index (χ0n) is 11.8. The second-order valence-electron chi connectivity index (χ2n) is 4.59. The number of carboxylic acid groups (broad SMARTS) is 1. The van der Waals surface area contributed by atoms with Crippen molar-refractivity contribution in [1.29, 1.82) is 0 Å². The molecule has 1 atom stereocenters. The third-order valence-electron chi connectivity index (χ3n) is 3.10. The fraction of sp³-hybridized carbons (Fsp3) is 0.333. The van der Waals surface area contributed by atoms with E-state index in [4.69, 9.17) is 28.3 Å². The van der Waals surface area contributed by atoms with Crippen LogP contribution in [0.15, 0.2) is 24.3 Å². The number of aliphatic carboxylic acids is 1. The van der Waals surface area contributed by atoms with Crippen molar-refractivity contribution >= 4 is 41.2 Å². The highest BCUT2D eigenvalue weighted by atomic mass is 35.5. The quantitative estimate of drug-likeness (QED) is 0.809. The van der Waals surface area contributed by atoms with Gasteiger partial charge in [-0.05, 0) is 31.6 Å². The summed E-state index contributed by atoms with van der Waals surface area (Å²) in [6.07, 6.45) is 3.46. The molecular weight excluding hydrogens is 313 g/mol. The SMILES string of the molecule is CCC(C)N(CC(=O)O)C(=O)/C=C/c1c(Cl)cccc1Cl. The molecule has 0 aliphatic carbocycles. The van der Waals surface area contributed by atoms with Crippen molar-refractivity contribution in [2.24, 2.45) is 0 Å². The molecule has 4 nitrogen and oxygen atoms in total. The number of carbonyl (C=O) groups is 2. The van der Waals surface area contributed by atoms with E-state index in [9.17, 15) is 9.59 Å². The second kappa shape index (κ2) is 8.05. The van der Waals surface area contributed by atoms with E-state index in [0.717, 1.165) is 0 Å². The second-order valence-corrected chi connectivity index (χ2v) is 5.40. The van der Waals surface area contributed by atoms with E-state index in [2.05, 4.69) is 0 Å². The zero-order valence-corrected chi connectivity index (χ0v) is 13.4. The van der Waals surface area contributed by atoms with Gasteiger partial charge in [0.1, 0.15) is 6.54 Å². The van der Waals surface area contributed by atoms with Gasteiger partial charge in [0.15, 0.2) is 0 Å². The Morgan fingerprint density at radius 1 is 1.33 bits per heavy atom.